The summed E-state index contributed by atoms with van der Waals surface area (Å²) in [4.78, 5) is 29.5. The maximum Gasteiger partial charge on any atom is 0.262 e. The molecule has 0 aliphatic carbocycles. The number of thiazole rings is 1. The number of nitrogens with one attached hydrogen (secondary N) is 1. The van der Waals surface area contributed by atoms with E-state index in [0.717, 1.165) is 10.2 Å². The number of halogens is 1. The van der Waals surface area contributed by atoms with Crippen LogP contribution in [0.15, 0.2) is 66.2 Å². The standard InChI is InChI=1S/C23H14ClN3O3S/c24-16-4-7-20(18(9-16)23(29)15-3-1-2-14(8-15)11-25)30-12-22(28)27-17-5-6-19-21(10-17)31-13-26-19/h1-10,13H,12H2,(H,27,28). The molecule has 0 radical (unpaired) electrons. The summed E-state index contributed by atoms with van der Waals surface area (Å²) in [5.41, 5.74) is 4.14. The molecule has 0 saturated heterocycles. The zero-order valence-electron chi connectivity index (χ0n) is 16.0. The van der Waals surface area contributed by atoms with Gasteiger partial charge in [0.2, 0.25) is 0 Å². The van der Waals surface area contributed by atoms with Crippen molar-refractivity contribution in [2.24, 2.45) is 0 Å². The van der Waals surface area contributed by atoms with Crippen LogP contribution in [-0.2, 0) is 4.79 Å². The normalized spacial score (nSPS) is 10.5. The van der Waals surface area contributed by atoms with Crippen molar-refractivity contribution in [1.29, 1.82) is 5.26 Å². The Morgan fingerprint density at radius 2 is 2.00 bits per heavy atom. The smallest absolute Gasteiger partial charge is 0.262 e. The number of ketones is 1. The van der Waals surface area contributed by atoms with E-state index in [4.69, 9.17) is 21.6 Å². The summed E-state index contributed by atoms with van der Waals surface area (Å²) in [6, 6.07) is 18.4. The van der Waals surface area contributed by atoms with Gasteiger partial charge in [0, 0.05) is 16.3 Å². The molecule has 0 saturated carbocycles. The minimum atomic E-state index is -0.372. The summed E-state index contributed by atoms with van der Waals surface area (Å²) in [5, 5.41) is 12.2. The first-order valence-electron chi connectivity index (χ1n) is 9.14. The highest BCUT2D eigenvalue weighted by molar-refractivity contribution is 7.16. The number of aromatic nitrogens is 1. The van der Waals surface area contributed by atoms with Crippen molar-refractivity contribution in [3.8, 4) is 11.8 Å². The fraction of sp³-hybridized carbons (Fsp3) is 0.0435. The molecule has 1 N–H and O–H groups in total. The number of hydrogen-bond acceptors (Lipinski definition) is 6. The predicted molar refractivity (Wildman–Crippen MR) is 120 cm³/mol. The molecule has 4 rings (SSSR count). The number of anilines is 1. The quantitative estimate of drug-likeness (QED) is 0.416. The lowest BCUT2D eigenvalue weighted by atomic mass is 10.0. The molecule has 4 aromatic rings. The highest BCUT2D eigenvalue weighted by atomic mass is 35.5. The van der Waals surface area contributed by atoms with E-state index < -0.39 is 0 Å². The van der Waals surface area contributed by atoms with Gasteiger partial charge in [-0.1, -0.05) is 23.7 Å². The molecular weight excluding hydrogens is 434 g/mol. The molecular formula is C23H14ClN3O3S. The number of rotatable bonds is 6. The second-order valence-corrected chi connectivity index (χ2v) is 7.86. The van der Waals surface area contributed by atoms with Crippen LogP contribution in [0.25, 0.3) is 10.2 Å². The highest BCUT2D eigenvalue weighted by Crippen LogP contribution is 2.26. The minimum absolute atomic E-state index is 0.210. The van der Waals surface area contributed by atoms with Crippen LogP contribution in [0.5, 0.6) is 5.75 Å². The average Bonchev–Trinajstić information content (AvgIpc) is 3.25. The molecule has 0 fully saturated rings. The van der Waals surface area contributed by atoms with Crippen LogP contribution in [-0.4, -0.2) is 23.3 Å². The van der Waals surface area contributed by atoms with E-state index in [1.54, 1.807) is 41.9 Å². The summed E-state index contributed by atoms with van der Waals surface area (Å²) in [5.74, 6) is -0.501. The van der Waals surface area contributed by atoms with E-state index in [1.807, 2.05) is 18.2 Å². The molecule has 0 spiro atoms. The second kappa shape index (κ2) is 8.96. The number of hydrogen-bond donors (Lipinski definition) is 1. The van der Waals surface area contributed by atoms with E-state index in [9.17, 15) is 9.59 Å². The number of fused-ring (bicyclic) bond motifs is 1. The summed E-state index contributed by atoms with van der Waals surface area (Å²) in [6.07, 6.45) is 0. The number of benzene rings is 3. The molecule has 0 atom stereocenters. The molecule has 152 valence electrons. The van der Waals surface area contributed by atoms with Crippen molar-refractivity contribution in [3.05, 3.63) is 87.9 Å². The number of amides is 1. The maximum atomic E-state index is 13.0. The third-order valence-corrected chi connectivity index (χ3v) is 5.44. The van der Waals surface area contributed by atoms with Gasteiger partial charge in [0.15, 0.2) is 12.4 Å². The second-order valence-electron chi connectivity index (χ2n) is 6.53. The summed E-state index contributed by atoms with van der Waals surface area (Å²) in [6.45, 7) is -0.291. The summed E-state index contributed by atoms with van der Waals surface area (Å²) < 4.78 is 6.59. The first kappa shape index (κ1) is 20.5. The SMILES string of the molecule is N#Cc1cccc(C(=O)c2cc(Cl)ccc2OCC(=O)Nc2ccc3ncsc3c2)c1. The number of carbonyl (C=O) groups is 2. The molecule has 0 unspecified atom stereocenters. The predicted octanol–water partition coefficient (Wildman–Crippen LogP) is 5.07. The van der Waals surface area contributed by atoms with Crippen molar-refractivity contribution < 1.29 is 14.3 Å². The van der Waals surface area contributed by atoms with Crippen molar-refractivity contribution in [3.63, 3.8) is 0 Å². The van der Waals surface area contributed by atoms with Crippen LogP contribution < -0.4 is 10.1 Å². The van der Waals surface area contributed by atoms with Crippen LogP contribution in [0.4, 0.5) is 5.69 Å². The van der Waals surface area contributed by atoms with Gasteiger partial charge in [-0.05, 0) is 48.5 Å². The molecule has 0 aliphatic heterocycles. The number of nitrogens with zero attached hydrogens (tertiary/aromatic N) is 2. The summed E-state index contributed by atoms with van der Waals surface area (Å²) >= 11 is 7.55. The Bertz CT molecular complexity index is 1340. The molecule has 6 nitrogen and oxygen atoms in total. The van der Waals surface area contributed by atoms with Gasteiger partial charge in [-0.25, -0.2) is 4.98 Å². The van der Waals surface area contributed by atoms with Gasteiger partial charge < -0.3 is 10.1 Å². The number of carbonyl (C=O) groups excluding carboxylic acids is 2. The Kier molecular flexibility index (Phi) is 5.94. The molecule has 1 amide bonds. The van der Waals surface area contributed by atoms with Gasteiger partial charge in [0.05, 0.1) is 32.9 Å². The van der Waals surface area contributed by atoms with Gasteiger partial charge in [-0.15, -0.1) is 11.3 Å². The molecule has 31 heavy (non-hydrogen) atoms. The monoisotopic (exact) mass is 447 g/mol. The van der Waals surface area contributed by atoms with E-state index in [-0.39, 0.29) is 29.6 Å². The third-order valence-electron chi connectivity index (χ3n) is 4.41. The fourth-order valence-electron chi connectivity index (χ4n) is 2.96. The van der Waals surface area contributed by atoms with Crippen molar-refractivity contribution in [2.45, 2.75) is 0 Å². The molecule has 0 bridgehead atoms. The van der Waals surface area contributed by atoms with E-state index in [0.29, 0.717) is 21.8 Å². The lowest BCUT2D eigenvalue weighted by molar-refractivity contribution is -0.118. The fourth-order valence-corrected chi connectivity index (χ4v) is 3.85. The Balaban J connectivity index is 1.50. The topological polar surface area (TPSA) is 92.1 Å². The van der Waals surface area contributed by atoms with Gasteiger partial charge in [0.1, 0.15) is 5.75 Å². The first-order valence-corrected chi connectivity index (χ1v) is 10.4. The first-order chi connectivity index (χ1) is 15.0. The third kappa shape index (κ3) is 4.72. The van der Waals surface area contributed by atoms with Crippen LogP contribution >= 0.6 is 22.9 Å². The number of ether oxygens (including phenoxy) is 1. The van der Waals surface area contributed by atoms with Gasteiger partial charge in [0.25, 0.3) is 5.91 Å². The van der Waals surface area contributed by atoms with Crippen LogP contribution in [0, 0.1) is 11.3 Å². The lowest BCUT2D eigenvalue weighted by Crippen LogP contribution is -2.21. The molecule has 1 heterocycles. The molecule has 1 aromatic heterocycles. The lowest BCUT2D eigenvalue weighted by Gasteiger charge is -2.12. The average molecular weight is 448 g/mol. The molecule has 0 aliphatic rings. The van der Waals surface area contributed by atoms with Crippen molar-refractivity contribution in [1.82, 2.24) is 4.98 Å². The number of nitriles is 1. The van der Waals surface area contributed by atoms with E-state index in [2.05, 4.69) is 10.3 Å². The van der Waals surface area contributed by atoms with Gasteiger partial charge in [-0.3, -0.25) is 9.59 Å². The summed E-state index contributed by atoms with van der Waals surface area (Å²) in [7, 11) is 0. The maximum absolute atomic E-state index is 13.0. The largest absolute Gasteiger partial charge is 0.483 e. The van der Waals surface area contributed by atoms with Crippen LogP contribution in [0.2, 0.25) is 5.02 Å². The van der Waals surface area contributed by atoms with E-state index >= 15 is 0 Å². The van der Waals surface area contributed by atoms with Gasteiger partial charge in [-0.2, -0.15) is 5.26 Å². The zero-order valence-corrected chi connectivity index (χ0v) is 17.5. The van der Waals surface area contributed by atoms with Crippen LogP contribution in [0.3, 0.4) is 0 Å². The van der Waals surface area contributed by atoms with E-state index in [1.165, 1.54) is 23.5 Å². The Morgan fingerprint density at radius 1 is 1.13 bits per heavy atom. The van der Waals surface area contributed by atoms with Gasteiger partial charge >= 0.3 is 0 Å². The molecule has 3 aromatic carbocycles. The highest BCUT2D eigenvalue weighted by Gasteiger charge is 2.17. The Labute approximate surface area is 186 Å². The van der Waals surface area contributed by atoms with Crippen molar-refractivity contribution in [2.75, 3.05) is 11.9 Å². The Morgan fingerprint density at radius 3 is 2.84 bits per heavy atom. The minimum Gasteiger partial charge on any atom is -0.483 e. The Hall–Kier alpha value is -3.73. The molecule has 8 heteroatoms. The van der Waals surface area contributed by atoms with Crippen molar-refractivity contribution >= 4 is 50.5 Å². The van der Waals surface area contributed by atoms with Crippen LogP contribution in [0.1, 0.15) is 21.5 Å². The zero-order chi connectivity index (χ0) is 21.8.